The molecule has 4 rings (SSSR count). The SMILES string of the molecule is COc1cc(C)c(Cl)c([C@@H]2CCc3c(-c4ccccc4N)n[nH]c3C2)c1Cl. The van der Waals surface area contributed by atoms with Crippen molar-refractivity contribution in [2.45, 2.75) is 32.1 Å². The van der Waals surface area contributed by atoms with E-state index in [2.05, 4.69) is 10.2 Å². The van der Waals surface area contributed by atoms with Crippen LogP contribution in [0.2, 0.25) is 10.0 Å². The number of nitrogens with two attached hydrogens (primary N) is 1. The highest BCUT2D eigenvalue weighted by Gasteiger charge is 2.29. The number of para-hydroxylation sites is 1. The molecule has 2 aromatic carbocycles. The maximum absolute atomic E-state index is 6.63. The first-order chi connectivity index (χ1) is 13.0. The summed E-state index contributed by atoms with van der Waals surface area (Å²) in [6.07, 6.45) is 2.64. The molecule has 0 radical (unpaired) electrons. The quantitative estimate of drug-likeness (QED) is 0.564. The van der Waals surface area contributed by atoms with Crippen LogP contribution in [0.25, 0.3) is 11.3 Å². The third kappa shape index (κ3) is 3.07. The van der Waals surface area contributed by atoms with Gasteiger partial charge in [-0.15, -0.1) is 0 Å². The number of aryl methyl sites for hydroxylation is 1. The normalized spacial score (nSPS) is 16.2. The molecule has 1 heterocycles. The summed E-state index contributed by atoms with van der Waals surface area (Å²) < 4.78 is 5.43. The average Bonchev–Trinajstić information content (AvgIpc) is 3.08. The lowest BCUT2D eigenvalue weighted by molar-refractivity contribution is 0.413. The van der Waals surface area contributed by atoms with Gasteiger partial charge in [0.25, 0.3) is 0 Å². The van der Waals surface area contributed by atoms with Crippen LogP contribution in [0.4, 0.5) is 5.69 Å². The Kier molecular flexibility index (Phi) is 4.79. The van der Waals surface area contributed by atoms with Crippen molar-refractivity contribution in [1.29, 1.82) is 0 Å². The fraction of sp³-hybridized carbons (Fsp3) is 0.286. The van der Waals surface area contributed by atoms with Crippen molar-refractivity contribution < 1.29 is 4.74 Å². The van der Waals surface area contributed by atoms with Crippen molar-refractivity contribution in [3.8, 4) is 17.0 Å². The van der Waals surface area contributed by atoms with Crippen molar-refractivity contribution in [1.82, 2.24) is 10.2 Å². The van der Waals surface area contributed by atoms with Crippen LogP contribution >= 0.6 is 23.2 Å². The number of rotatable bonds is 3. The first-order valence-corrected chi connectivity index (χ1v) is 9.70. The van der Waals surface area contributed by atoms with Crippen LogP contribution in [0.15, 0.2) is 30.3 Å². The van der Waals surface area contributed by atoms with Crippen molar-refractivity contribution >= 4 is 28.9 Å². The minimum atomic E-state index is 0.215. The highest BCUT2D eigenvalue weighted by Crippen LogP contribution is 2.45. The fourth-order valence-electron chi connectivity index (χ4n) is 3.96. The molecule has 0 saturated carbocycles. The van der Waals surface area contributed by atoms with Gasteiger partial charge < -0.3 is 10.5 Å². The Morgan fingerprint density at radius 2 is 2.00 bits per heavy atom. The molecule has 4 nitrogen and oxygen atoms in total. The number of nitrogens with zero attached hydrogens (tertiary/aromatic N) is 1. The van der Waals surface area contributed by atoms with E-state index < -0.39 is 0 Å². The predicted octanol–water partition coefficient (Wildman–Crippen LogP) is 5.56. The van der Waals surface area contributed by atoms with Crippen LogP contribution in [0.3, 0.4) is 0 Å². The largest absolute Gasteiger partial charge is 0.495 e. The van der Waals surface area contributed by atoms with Gasteiger partial charge >= 0.3 is 0 Å². The minimum Gasteiger partial charge on any atom is -0.495 e. The van der Waals surface area contributed by atoms with Crippen LogP contribution in [-0.2, 0) is 12.8 Å². The summed E-state index contributed by atoms with van der Waals surface area (Å²) in [5.41, 5.74) is 13.1. The summed E-state index contributed by atoms with van der Waals surface area (Å²) in [4.78, 5) is 0. The van der Waals surface area contributed by atoms with Gasteiger partial charge in [-0.1, -0.05) is 41.4 Å². The molecule has 3 N–H and O–H groups in total. The molecule has 0 fully saturated rings. The fourth-order valence-corrected chi connectivity index (χ4v) is 4.69. The Labute approximate surface area is 168 Å². The molecule has 1 aliphatic carbocycles. The molecule has 27 heavy (non-hydrogen) atoms. The van der Waals surface area contributed by atoms with E-state index in [1.807, 2.05) is 37.3 Å². The van der Waals surface area contributed by atoms with E-state index in [1.165, 1.54) is 5.56 Å². The maximum Gasteiger partial charge on any atom is 0.138 e. The molecule has 1 atom stereocenters. The van der Waals surface area contributed by atoms with Gasteiger partial charge in [-0.05, 0) is 55.4 Å². The van der Waals surface area contributed by atoms with Gasteiger partial charge in [0.1, 0.15) is 5.75 Å². The molecule has 1 aromatic heterocycles. The van der Waals surface area contributed by atoms with Crippen LogP contribution in [0.1, 0.15) is 34.7 Å². The van der Waals surface area contributed by atoms with E-state index in [-0.39, 0.29) is 5.92 Å². The number of anilines is 1. The number of nitrogen functional groups attached to an aromatic ring is 1. The van der Waals surface area contributed by atoms with Gasteiger partial charge in [-0.3, -0.25) is 5.10 Å². The van der Waals surface area contributed by atoms with Gasteiger partial charge in [-0.2, -0.15) is 5.10 Å². The number of aromatic nitrogens is 2. The van der Waals surface area contributed by atoms with Crippen molar-refractivity contribution in [3.05, 3.63) is 62.8 Å². The summed E-state index contributed by atoms with van der Waals surface area (Å²) in [5, 5.41) is 9.10. The topological polar surface area (TPSA) is 63.9 Å². The molecule has 1 aliphatic rings. The number of ether oxygens (including phenoxy) is 1. The Morgan fingerprint density at radius 3 is 2.74 bits per heavy atom. The highest BCUT2D eigenvalue weighted by molar-refractivity contribution is 6.37. The minimum absolute atomic E-state index is 0.215. The van der Waals surface area contributed by atoms with Crippen LogP contribution in [0.5, 0.6) is 5.75 Å². The zero-order chi connectivity index (χ0) is 19.1. The maximum atomic E-state index is 6.63. The van der Waals surface area contributed by atoms with Gasteiger partial charge in [0.15, 0.2) is 0 Å². The molecule has 0 bridgehead atoms. The summed E-state index contributed by atoms with van der Waals surface area (Å²) in [7, 11) is 1.63. The molecular formula is C21H21Cl2N3O. The number of benzene rings is 2. The molecule has 0 spiro atoms. The van der Waals surface area contributed by atoms with Crippen LogP contribution < -0.4 is 10.5 Å². The van der Waals surface area contributed by atoms with Gasteiger partial charge in [0.05, 0.1) is 17.8 Å². The number of hydrogen-bond donors (Lipinski definition) is 2. The zero-order valence-electron chi connectivity index (χ0n) is 15.3. The molecular weight excluding hydrogens is 381 g/mol. The van der Waals surface area contributed by atoms with Crippen LogP contribution in [0, 0.1) is 6.92 Å². The van der Waals surface area contributed by atoms with Crippen molar-refractivity contribution in [2.24, 2.45) is 0 Å². The monoisotopic (exact) mass is 401 g/mol. The predicted molar refractivity (Wildman–Crippen MR) is 111 cm³/mol. The van der Waals surface area contributed by atoms with E-state index in [0.29, 0.717) is 10.8 Å². The second kappa shape index (κ2) is 7.10. The Morgan fingerprint density at radius 1 is 1.22 bits per heavy atom. The lowest BCUT2D eigenvalue weighted by atomic mass is 9.81. The number of methoxy groups -OCH3 is 1. The van der Waals surface area contributed by atoms with Crippen molar-refractivity contribution in [3.63, 3.8) is 0 Å². The van der Waals surface area contributed by atoms with Gasteiger partial charge in [-0.25, -0.2) is 0 Å². The molecule has 0 aliphatic heterocycles. The molecule has 0 unspecified atom stereocenters. The highest BCUT2D eigenvalue weighted by atomic mass is 35.5. The molecule has 140 valence electrons. The van der Waals surface area contributed by atoms with E-state index in [9.17, 15) is 0 Å². The molecule has 0 amide bonds. The standard InChI is InChI=1S/C21H21Cl2N3O/c1-11-9-17(27-2)20(23)18(19(11)22)12-7-8-14-16(10-12)25-26-21(14)13-5-3-4-6-15(13)24/h3-6,9,12H,7-8,10,24H2,1-2H3,(H,25,26)/t12-/m1/s1. The molecule has 3 aromatic rings. The summed E-state index contributed by atoms with van der Waals surface area (Å²) in [6, 6.07) is 9.71. The van der Waals surface area contributed by atoms with Gasteiger partial charge in [0.2, 0.25) is 0 Å². The Hall–Kier alpha value is -2.17. The van der Waals surface area contributed by atoms with E-state index in [4.69, 9.17) is 33.7 Å². The number of halogens is 2. The number of fused-ring (bicyclic) bond motifs is 1. The van der Waals surface area contributed by atoms with Crippen molar-refractivity contribution in [2.75, 3.05) is 12.8 Å². The number of hydrogen-bond acceptors (Lipinski definition) is 3. The molecule has 0 saturated heterocycles. The first-order valence-electron chi connectivity index (χ1n) is 8.94. The summed E-state index contributed by atoms with van der Waals surface area (Å²) >= 11 is 13.2. The smallest absolute Gasteiger partial charge is 0.138 e. The van der Waals surface area contributed by atoms with Crippen LogP contribution in [-0.4, -0.2) is 17.3 Å². The van der Waals surface area contributed by atoms with Gasteiger partial charge in [0, 0.05) is 27.5 Å². The third-order valence-corrected chi connectivity index (χ3v) is 6.26. The number of nitrogens with one attached hydrogen (secondary N) is 1. The van der Waals surface area contributed by atoms with E-state index >= 15 is 0 Å². The van der Waals surface area contributed by atoms with E-state index in [0.717, 1.165) is 58.1 Å². The lowest BCUT2D eigenvalue weighted by Gasteiger charge is -2.26. The second-order valence-electron chi connectivity index (χ2n) is 6.99. The number of aromatic amines is 1. The second-order valence-corrected chi connectivity index (χ2v) is 7.75. The Bertz CT molecular complexity index is 1010. The zero-order valence-corrected chi connectivity index (χ0v) is 16.8. The average molecular weight is 402 g/mol. The summed E-state index contributed by atoms with van der Waals surface area (Å²) in [6.45, 7) is 1.98. The third-order valence-electron chi connectivity index (χ3n) is 5.37. The summed E-state index contributed by atoms with van der Waals surface area (Å²) in [5.74, 6) is 0.884. The lowest BCUT2D eigenvalue weighted by Crippen LogP contribution is -2.14. The number of H-pyrrole nitrogens is 1. The first kappa shape index (κ1) is 18.2. The molecule has 6 heteroatoms. The van der Waals surface area contributed by atoms with E-state index in [1.54, 1.807) is 7.11 Å². The Balaban J connectivity index is 1.72.